The van der Waals surface area contributed by atoms with Crippen LogP contribution in [-0.4, -0.2) is 13.2 Å². The maximum atomic E-state index is 5.46. The van der Waals surface area contributed by atoms with Crippen LogP contribution in [0.3, 0.4) is 0 Å². The zero-order valence-electron chi connectivity index (χ0n) is 10.5. The normalized spacial score (nSPS) is 26.4. The number of rotatable bonds is 6. The zero-order chi connectivity index (χ0) is 11.6. The van der Waals surface area contributed by atoms with Gasteiger partial charge in [-0.15, -0.1) is 0 Å². The van der Waals surface area contributed by atoms with E-state index in [9.17, 15) is 0 Å². The van der Waals surface area contributed by atoms with Gasteiger partial charge in [-0.05, 0) is 44.9 Å². The Balaban J connectivity index is 2.18. The second kappa shape index (κ2) is 8.26. The first-order valence-corrected chi connectivity index (χ1v) is 6.32. The molecule has 0 N–H and O–H groups in total. The van der Waals surface area contributed by atoms with Gasteiger partial charge in [-0.3, -0.25) is 0 Å². The molecule has 0 heterocycles. The van der Waals surface area contributed by atoms with Gasteiger partial charge in [0.2, 0.25) is 0 Å². The van der Waals surface area contributed by atoms with E-state index in [1.54, 1.807) is 12.5 Å². The average molecular weight is 224 g/mol. The maximum Gasteiger partial charge on any atom is 0.0901 e. The molecule has 2 heteroatoms. The van der Waals surface area contributed by atoms with Crippen molar-refractivity contribution in [2.75, 3.05) is 13.2 Å². The number of hydrogen-bond donors (Lipinski definition) is 0. The second-order valence-electron chi connectivity index (χ2n) is 4.50. The first-order valence-electron chi connectivity index (χ1n) is 6.32. The lowest BCUT2D eigenvalue weighted by Gasteiger charge is -2.28. The van der Waals surface area contributed by atoms with Crippen molar-refractivity contribution in [1.29, 1.82) is 0 Å². The number of ether oxygens (including phenoxy) is 2. The van der Waals surface area contributed by atoms with Crippen molar-refractivity contribution in [3.8, 4) is 0 Å². The Morgan fingerprint density at radius 2 is 1.44 bits per heavy atom. The van der Waals surface area contributed by atoms with Gasteiger partial charge in [0.15, 0.2) is 0 Å². The third-order valence-corrected chi connectivity index (χ3v) is 3.02. The summed E-state index contributed by atoms with van der Waals surface area (Å²) < 4.78 is 10.9. The first-order chi connectivity index (χ1) is 7.86. The molecule has 0 radical (unpaired) electrons. The highest BCUT2D eigenvalue weighted by Gasteiger charge is 2.22. The van der Waals surface area contributed by atoms with Crippen molar-refractivity contribution >= 4 is 0 Å². The van der Waals surface area contributed by atoms with E-state index in [1.165, 1.54) is 25.7 Å². The molecule has 1 fully saturated rings. The van der Waals surface area contributed by atoms with Crippen LogP contribution in [0, 0.1) is 11.8 Å². The third-order valence-electron chi connectivity index (χ3n) is 3.02. The lowest BCUT2D eigenvalue weighted by Crippen LogP contribution is -2.21. The summed E-state index contributed by atoms with van der Waals surface area (Å²) in [7, 11) is 0. The van der Waals surface area contributed by atoms with E-state index in [0.717, 1.165) is 13.2 Å². The van der Waals surface area contributed by atoms with Gasteiger partial charge in [0.25, 0.3) is 0 Å². The maximum absolute atomic E-state index is 5.46. The quantitative estimate of drug-likeness (QED) is 0.637. The molecule has 92 valence electrons. The molecule has 2 unspecified atom stereocenters. The molecular formula is C14H24O2. The highest BCUT2D eigenvalue weighted by atomic mass is 16.5. The van der Waals surface area contributed by atoms with Crippen LogP contribution >= 0.6 is 0 Å². The van der Waals surface area contributed by atoms with E-state index >= 15 is 0 Å². The summed E-state index contributed by atoms with van der Waals surface area (Å²) in [5.74, 6) is 1.42. The molecule has 2 atom stereocenters. The molecule has 0 aromatic heterocycles. The van der Waals surface area contributed by atoms with Gasteiger partial charge in [0, 0.05) is 0 Å². The molecule has 1 aliphatic rings. The fourth-order valence-corrected chi connectivity index (χ4v) is 2.28. The summed E-state index contributed by atoms with van der Waals surface area (Å²) in [6.45, 7) is 5.69. The predicted molar refractivity (Wildman–Crippen MR) is 67.0 cm³/mol. The molecular weight excluding hydrogens is 200 g/mol. The SMILES string of the molecule is CC=COCC1CCCC(COC=CC)C1. The van der Waals surface area contributed by atoms with E-state index in [2.05, 4.69) is 0 Å². The minimum Gasteiger partial charge on any atom is -0.501 e. The largest absolute Gasteiger partial charge is 0.501 e. The molecule has 0 spiro atoms. The number of hydrogen-bond acceptors (Lipinski definition) is 2. The standard InChI is InChI=1S/C14H24O2/c1-3-8-15-11-13-6-5-7-14(10-13)12-16-9-4-2/h3-4,8-9,13-14H,5-7,10-12H2,1-2H3. The van der Waals surface area contributed by atoms with Crippen molar-refractivity contribution in [1.82, 2.24) is 0 Å². The zero-order valence-corrected chi connectivity index (χ0v) is 10.5. The summed E-state index contributed by atoms with van der Waals surface area (Å²) in [6, 6.07) is 0. The monoisotopic (exact) mass is 224 g/mol. The molecule has 16 heavy (non-hydrogen) atoms. The Morgan fingerprint density at radius 1 is 0.938 bits per heavy atom. The van der Waals surface area contributed by atoms with E-state index in [0.29, 0.717) is 11.8 Å². The van der Waals surface area contributed by atoms with Crippen LogP contribution in [0.25, 0.3) is 0 Å². The smallest absolute Gasteiger partial charge is 0.0901 e. The summed E-state index contributed by atoms with van der Waals surface area (Å²) in [5.41, 5.74) is 0. The molecule has 0 aromatic carbocycles. The average Bonchev–Trinajstić information content (AvgIpc) is 2.30. The number of allylic oxidation sites excluding steroid dienone is 2. The minimum atomic E-state index is 0.712. The van der Waals surface area contributed by atoms with E-state index < -0.39 is 0 Å². The summed E-state index contributed by atoms with van der Waals surface area (Å²) in [4.78, 5) is 0. The fourth-order valence-electron chi connectivity index (χ4n) is 2.28. The first kappa shape index (κ1) is 13.1. The van der Waals surface area contributed by atoms with Crippen LogP contribution in [0.4, 0.5) is 0 Å². The van der Waals surface area contributed by atoms with Gasteiger partial charge < -0.3 is 9.47 Å². The van der Waals surface area contributed by atoms with Crippen molar-refractivity contribution in [2.45, 2.75) is 39.5 Å². The molecule has 0 amide bonds. The van der Waals surface area contributed by atoms with Gasteiger partial charge >= 0.3 is 0 Å². The molecule has 0 aliphatic heterocycles. The molecule has 1 saturated carbocycles. The van der Waals surface area contributed by atoms with Crippen LogP contribution < -0.4 is 0 Å². The van der Waals surface area contributed by atoms with E-state index in [1.807, 2.05) is 26.0 Å². The van der Waals surface area contributed by atoms with Crippen LogP contribution in [0.15, 0.2) is 24.7 Å². The predicted octanol–water partition coefficient (Wildman–Crippen LogP) is 3.89. The van der Waals surface area contributed by atoms with Gasteiger partial charge in [-0.2, -0.15) is 0 Å². The van der Waals surface area contributed by atoms with Crippen molar-refractivity contribution in [3.63, 3.8) is 0 Å². The summed E-state index contributed by atoms with van der Waals surface area (Å²) in [6.07, 6.45) is 12.6. The van der Waals surface area contributed by atoms with Crippen LogP contribution in [0.1, 0.15) is 39.5 Å². The Morgan fingerprint density at radius 3 is 1.88 bits per heavy atom. The Bertz CT molecular complexity index is 199. The van der Waals surface area contributed by atoms with Crippen molar-refractivity contribution in [3.05, 3.63) is 24.7 Å². The van der Waals surface area contributed by atoms with Gasteiger partial charge in [0.1, 0.15) is 0 Å². The lowest BCUT2D eigenvalue weighted by atomic mass is 9.82. The van der Waals surface area contributed by atoms with Crippen molar-refractivity contribution < 1.29 is 9.47 Å². The molecule has 2 nitrogen and oxygen atoms in total. The van der Waals surface area contributed by atoms with Gasteiger partial charge in [0.05, 0.1) is 25.7 Å². The third kappa shape index (κ3) is 5.24. The Labute approximate surface area is 99.3 Å². The summed E-state index contributed by atoms with van der Waals surface area (Å²) in [5, 5.41) is 0. The molecule has 0 saturated heterocycles. The lowest BCUT2D eigenvalue weighted by molar-refractivity contribution is 0.104. The molecule has 1 aliphatic carbocycles. The van der Waals surface area contributed by atoms with Crippen molar-refractivity contribution in [2.24, 2.45) is 11.8 Å². The fraction of sp³-hybridized carbons (Fsp3) is 0.714. The van der Waals surface area contributed by atoms with E-state index in [-0.39, 0.29) is 0 Å². The van der Waals surface area contributed by atoms with E-state index in [4.69, 9.17) is 9.47 Å². The highest BCUT2D eigenvalue weighted by molar-refractivity contribution is 4.75. The van der Waals surface area contributed by atoms with Gasteiger partial charge in [-0.1, -0.05) is 18.6 Å². The van der Waals surface area contributed by atoms with Crippen LogP contribution in [-0.2, 0) is 9.47 Å². The molecule has 0 bridgehead atoms. The van der Waals surface area contributed by atoms with Gasteiger partial charge in [-0.25, -0.2) is 0 Å². The second-order valence-corrected chi connectivity index (χ2v) is 4.50. The van der Waals surface area contributed by atoms with Crippen LogP contribution in [0.2, 0.25) is 0 Å². The Hall–Kier alpha value is -0.920. The molecule has 0 aromatic rings. The molecule has 1 rings (SSSR count). The summed E-state index contributed by atoms with van der Waals surface area (Å²) >= 11 is 0. The highest BCUT2D eigenvalue weighted by Crippen LogP contribution is 2.29. The Kier molecular flexibility index (Phi) is 6.78. The minimum absolute atomic E-state index is 0.712. The van der Waals surface area contributed by atoms with Crippen LogP contribution in [0.5, 0.6) is 0 Å². The topological polar surface area (TPSA) is 18.5 Å².